The quantitative estimate of drug-likeness (QED) is 0.893. The highest BCUT2D eigenvalue weighted by molar-refractivity contribution is 5.91. The molecule has 2 amide bonds. The smallest absolute Gasteiger partial charge is 0.289 e. The van der Waals surface area contributed by atoms with Gasteiger partial charge in [0.2, 0.25) is 5.91 Å². The van der Waals surface area contributed by atoms with Crippen molar-refractivity contribution in [3.05, 3.63) is 24.2 Å². The number of nitrogens with one attached hydrogen (secondary N) is 1. The zero-order valence-electron chi connectivity index (χ0n) is 13.9. The number of nitrogens with zero attached hydrogens (tertiary/aromatic N) is 2. The fourth-order valence-electron chi connectivity index (χ4n) is 3.37. The monoisotopic (exact) mass is 355 g/mol. The fraction of sp³-hybridized carbons (Fsp3) is 0.647. The molecule has 0 aliphatic carbocycles. The molecule has 0 aromatic carbocycles. The predicted octanol–water partition coefficient (Wildman–Crippen LogP) is 1.77. The molecular weight excluding hydrogens is 330 g/mol. The first-order valence-corrected chi connectivity index (χ1v) is 8.55. The summed E-state index contributed by atoms with van der Waals surface area (Å²) in [5.74, 6) is 1.20. The van der Waals surface area contributed by atoms with Crippen LogP contribution in [0.25, 0.3) is 0 Å². The maximum atomic E-state index is 12.3. The van der Waals surface area contributed by atoms with E-state index in [9.17, 15) is 9.59 Å². The van der Waals surface area contributed by atoms with Crippen molar-refractivity contribution in [1.82, 2.24) is 15.1 Å². The molecule has 1 N–H and O–H groups in total. The molecule has 134 valence electrons. The van der Waals surface area contributed by atoms with E-state index >= 15 is 0 Å². The van der Waals surface area contributed by atoms with E-state index < -0.39 is 0 Å². The number of piperidine rings is 1. The first kappa shape index (κ1) is 18.8. The van der Waals surface area contributed by atoms with E-state index in [1.807, 2.05) is 4.90 Å². The van der Waals surface area contributed by atoms with Gasteiger partial charge in [0.05, 0.1) is 6.26 Å². The number of amides is 2. The summed E-state index contributed by atoms with van der Waals surface area (Å²) in [6, 6.07) is 3.40. The largest absolute Gasteiger partial charge is 0.459 e. The van der Waals surface area contributed by atoms with Crippen LogP contribution in [0.1, 0.15) is 36.2 Å². The van der Waals surface area contributed by atoms with Crippen LogP contribution in [0.4, 0.5) is 0 Å². The number of furan rings is 1. The highest BCUT2D eigenvalue weighted by Crippen LogP contribution is 2.19. The molecule has 7 heteroatoms. The predicted molar refractivity (Wildman–Crippen MR) is 93.3 cm³/mol. The molecular formula is C17H26ClN3O3. The molecule has 0 radical (unpaired) electrons. The van der Waals surface area contributed by atoms with Crippen LogP contribution in [-0.4, -0.2) is 60.9 Å². The second-order valence-electron chi connectivity index (χ2n) is 6.38. The summed E-state index contributed by atoms with van der Waals surface area (Å²) in [6.45, 7) is 4.56. The minimum absolute atomic E-state index is 0. The standard InChI is InChI=1S/C17H25N3O3.ClH/c21-16(4-3-14-5-7-18-8-6-14)19-9-11-20(12-10-19)17(22)15-2-1-13-23-15;/h1-2,13-14,18H,3-12H2;1H. The van der Waals surface area contributed by atoms with Gasteiger partial charge in [-0.2, -0.15) is 0 Å². The number of carbonyl (C=O) groups is 2. The van der Waals surface area contributed by atoms with E-state index in [0.29, 0.717) is 44.3 Å². The van der Waals surface area contributed by atoms with Gasteiger partial charge in [-0.1, -0.05) is 0 Å². The van der Waals surface area contributed by atoms with Gasteiger partial charge < -0.3 is 19.5 Å². The van der Waals surface area contributed by atoms with Crippen molar-refractivity contribution in [1.29, 1.82) is 0 Å². The second kappa shape index (κ2) is 9.08. The average Bonchev–Trinajstić information content (AvgIpc) is 3.15. The second-order valence-corrected chi connectivity index (χ2v) is 6.38. The maximum absolute atomic E-state index is 12.3. The Morgan fingerprint density at radius 2 is 1.79 bits per heavy atom. The van der Waals surface area contributed by atoms with Crippen LogP contribution in [0.2, 0.25) is 0 Å². The van der Waals surface area contributed by atoms with Gasteiger partial charge in [-0.15, -0.1) is 12.4 Å². The van der Waals surface area contributed by atoms with Gasteiger partial charge in [-0.3, -0.25) is 9.59 Å². The van der Waals surface area contributed by atoms with E-state index in [1.54, 1.807) is 17.0 Å². The highest BCUT2D eigenvalue weighted by Gasteiger charge is 2.26. The molecule has 2 saturated heterocycles. The number of hydrogen-bond donors (Lipinski definition) is 1. The van der Waals surface area contributed by atoms with Gasteiger partial charge in [-0.05, 0) is 50.4 Å². The summed E-state index contributed by atoms with van der Waals surface area (Å²) in [6.07, 6.45) is 5.49. The SMILES string of the molecule is Cl.O=C(CCC1CCNCC1)N1CCN(C(=O)c2ccco2)CC1. The lowest BCUT2D eigenvalue weighted by atomic mass is 9.93. The lowest BCUT2D eigenvalue weighted by molar-refractivity contribution is -0.133. The minimum atomic E-state index is -0.0863. The zero-order chi connectivity index (χ0) is 16.1. The molecule has 0 unspecified atom stereocenters. The van der Waals surface area contributed by atoms with Crippen LogP contribution in [-0.2, 0) is 4.79 Å². The number of rotatable bonds is 4. The van der Waals surface area contributed by atoms with Gasteiger partial charge in [0.1, 0.15) is 0 Å². The Morgan fingerprint density at radius 1 is 1.12 bits per heavy atom. The van der Waals surface area contributed by atoms with Crippen LogP contribution in [0, 0.1) is 5.92 Å². The third kappa shape index (κ3) is 4.74. The van der Waals surface area contributed by atoms with Crippen LogP contribution >= 0.6 is 12.4 Å². The molecule has 0 spiro atoms. The minimum Gasteiger partial charge on any atom is -0.459 e. The van der Waals surface area contributed by atoms with Crippen LogP contribution in [0.5, 0.6) is 0 Å². The third-order valence-corrected chi connectivity index (χ3v) is 4.88. The molecule has 1 aromatic rings. The van der Waals surface area contributed by atoms with Crippen LogP contribution in [0.3, 0.4) is 0 Å². The number of piperazine rings is 1. The molecule has 0 atom stereocenters. The molecule has 1 aromatic heterocycles. The fourth-order valence-corrected chi connectivity index (χ4v) is 3.37. The number of hydrogen-bond acceptors (Lipinski definition) is 4. The maximum Gasteiger partial charge on any atom is 0.289 e. The number of carbonyl (C=O) groups excluding carboxylic acids is 2. The topological polar surface area (TPSA) is 65.8 Å². The molecule has 0 bridgehead atoms. The summed E-state index contributed by atoms with van der Waals surface area (Å²) in [5, 5.41) is 3.35. The Bertz CT molecular complexity index is 521. The molecule has 6 nitrogen and oxygen atoms in total. The van der Waals surface area contributed by atoms with Crippen LogP contribution < -0.4 is 5.32 Å². The zero-order valence-corrected chi connectivity index (χ0v) is 14.7. The number of halogens is 1. The van der Waals surface area contributed by atoms with E-state index in [1.165, 1.54) is 19.1 Å². The average molecular weight is 356 g/mol. The van der Waals surface area contributed by atoms with Crippen molar-refractivity contribution in [3.8, 4) is 0 Å². The van der Waals surface area contributed by atoms with Crippen molar-refractivity contribution in [2.24, 2.45) is 5.92 Å². The molecule has 2 aliphatic heterocycles. The van der Waals surface area contributed by atoms with E-state index in [2.05, 4.69) is 5.32 Å². The lowest BCUT2D eigenvalue weighted by Gasteiger charge is -2.34. The molecule has 0 saturated carbocycles. The van der Waals surface area contributed by atoms with E-state index in [4.69, 9.17) is 4.42 Å². The van der Waals surface area contributed by atoms with Gasteiger partial charge in [-0.25, -0.2) is 0 Å². The van der Waals surface area contributed by atoms with Gasteiger partial charge >= 0.3 is 0 Å². The third-order valence-electron chi connectivity index (χ3n) is 4.88. The Morgan fingerprint density at radius 3 is 2.42 bits per heavy atom. The normalized spacial score (nSPS) is 19.0. The van der Waals surface area contributed by atoms with Crippen molar-refractivity contribution in [2.75, 3.05) is 39.3 Å². The summed E-state index contributed by atoms with van der Waals surface area (Å²) in [5.41, 5.74) is 0. The summed E-state index contributed by atoms with van der Waals surface area (Å²) in [7, 11) is 0. The lowest BCUT2D eigenvalue weighted by Crippen LogP contribution is -2.50. The van der Waals surface area contributed by atoms with Gasteiger partial charge in [0.15, 0.2) is 5.76 Å². The Balaban J connectivity index is 0.00000208. The summed E-state index contributed by atoms with van der Waals surface area (Å²) < 4.78 is 5.15. The highest BCUT2D eigenvalue weighted by atomic mass is 35.5. The summed E-state index contributed by atoms with van der Waals surface area (Å²) >= 11 is 0. The first-order chi connectivity index (χ1) is 11.2. The molecule has 3 rings (SSSR count). The van der Waals surface area contributed by atoms with Crippen molar-refractivity contribution in [2.45, 2.75) is 25.7 Å². The van der Waals surface area contributed by atoms with E-state index in [-0.39, 0.29) is 24.2 Å². The Hall–Kier alpha value is -1.53. The van der Waals surface area contributed by atoms with Crippen molar-refractivity contribution < 1.29 is 14.0 Å². The molecule has 3 heterocycles. The molecule has 2 fully saturated rings. The molecule has 2 aliphatic rings. The van der Waals surface area contributed by atoms with Gasteiger partial charge in [0, 0.05) is 32.6 Å². The Labute approximate surface area is 149 Å². The Kier molecular flexibility index (Phi) is 7.12. The van der Waals surface area contributed by atoms with E-state index in [0.717, 1.165) is 19.5 Å². The summed E-state index contributed by atoms with van der Waals surface area (Å²) in [4.78, 5) is 28.2. The van der Waals surface area contributed by atoms with Crippen molar-refractivity contribution in [3.63, 3.8) is 0 Å². The first-order valence-electron chi connectivity index (χ1n) is 8.55. The van der Waals surface area contributed by atoms with Crippen molar-refractivity contribution >= 4 is 24.2 Å². The van der Waals surface area contributed by atoms with Gasteiger partial charge in [0.25, 0.3) is 5.91 Å². The van der Waals surface area contributed by atoms with Crippen LogP contribution in [0.15, 0.2) is 22.8 Å². The molecule has 24 heavy (non-hydrogen) atoms.